The molecular weight excluding hydrogens is 417 g/mol. The standard InChI is InChI=1S/C18H22FN5O5S/c1-10(2)23-18(25)29-12-5-16(28-9-12)11-7-21-17(22-8-11)24-15-4-3-13(6-14(15)19)30(20,26)27/h3-4,6-8,10,12,16H,5,9H2,1-2H3,(H,23,25)(H2,20,26,27)(H,21,22,24)/t12-,16+/m1/s1. The Hall–Kier alpha value is -2.83. The van der Waals surface area contributed by atoms with Crippen molar-refractivity contribution in [3.63, 3.8) is 0 Å². The van der Waals surface area contributed by atoms with Crippen LogP contribution in [0.2, 0.25) is 0 Å². The number of aromatic nitrogens is 2. The molecule has 1 saturated heterocycles. The highest BCUT2D eigenvalue weighted by atomic mass is 32.2. The molecule has 1 aliphatic heterocycles. The van der Waals surface area contributed by atoms with Crippen LogP contribution in [-0.2, 0) is 19.5 Å². The third kappa shape index (κ3) is 5.62. The molecule has 1 amide bonds. The molecule has 3 rings (SSSR count). The minimum Gasteiger partial charge on any atom is -0.444 e. The topological polar surface area (TPSA) is 146 Å². The van der Waals surface area contributed by atoms with Crippen LogP contribution in [0.3, 0.4) is 0 Å². The lowest BCUT2D eigenvalue weighted by atomic mass is 10.1. The SMILES string of the molecule is CC(C)NC(=O)O[C@H]1CO[C@H](c2cnc(Nc3ccc(S(N)(=O)=O)cc3F)nc2)C1. The number of nitrogens with zero attached hydrogens (tertiary/aromatic N) is 2. The first-order valence-electron chi connectivity index (χ1n) is 9.12. The smallest absolute Gasteiger partial charge is 0.407 e. The maximum absolute atomic E-state index is 14.1. The van der Waals surface area contributed by atoms with Crippen molar-refractivity contribution in [1.82, 2.24) is 15.3 Å². The molecular formula is C18H22FN5O5S. The molecule has 1 aromatic carbocycles. The Morgan fingerprint density at radius 3 is 2.63 bits per heavy atom. The summed E-state index contributed by atoms with van der Waals surface area (Å²) in [5, 5.41) is 10.3. The van der Waals surface area contributed by atoms with Gasteiger partial charge in [-0.2, -0.15) is 0 Å². The van der Waals surface area contributed by atoms with Crippen LogP contribution in [-0.4, -0.2) is 43.2 Å². The van der Waals surface area contributed by atoms with Gasteiger partial charge in [0.05, 0.1) is 23.3 Å². The number of halogens is 1. The monoisotopic (exact) mass is 439 g/mol. The molecule has 1 fully saturated rings. The van der Waals surface area contributed by atoms with Gasteiger partial charge in [0, 0.05) is 30.4 Å². The van der Waals surface area contributed by atoms with Crippen LogP contribution in [0.1, 0.15) is 31.9 Å². The molecule has 0 aliphatic carbocycles. The van der Waals surface area contributed by atoms with Gasteiger partial charge in [-0.1, -0.05) is 0 Å². The molecule has 0 radical (unpaired) electrons. The largest absolute Gasteiger partial charge is 0.444 e. The van der Waals surface area contributed by atoms with Crippen LogP contribution >= 0.6 is 0 Å². The van der Waals surface area contributed by atoms with E-state index in [1.54, 1.807) is 0 Å². The molecule has 0 spiro atoms. The van der Waals surface area contributed by atoms with E-state index in [1.165, 1.54) is 24.5 Å². The minimum absolute atomic E-state index is 0.00287. The lowest BCUT2D eigenvalue weighted by Crippen LogP contribution is -2.33. The van der Waals surface area contributed by atoms with Gasteiger partial charge in [0.25, 0.3) is 0 Å². The van der Waals surface area contributed by atoms with Crippen molar-refractivity contribution in [2.75, 3.05) is 11.9 Å². The predicted molar refractivity (Wildman–Crippen MR) is 105 cm³/mol. The number of nitrogens with two attached hydrogens (primary N) is 1. The van der Waals surface area contributed by atoms with Crippen LogP contribution in [0, 0.1) is 5.82 Å². The van der Waals surface area contributed by atoms with Gasteiger partial charge in [-0.05, 0) is 32.0 Å². The zero-order valence-electron chi connectivity index (χ0n) is 16.3. The fourth-order valence-electron chi connectivity index (χ4n) is 2.80. The lowest BCUT2D eigenvalue weighted by Gasteiger charge is -2.13. The number of carbonyl (C=O) groups excluding carboxylic acids is 1. The van der Waals surface area contributed by atoms with Crippen molar-refractivity contribution in [3.8, 4) is 0 Å². The summed E-state index contributed by atoms with van der Waals surface area (Å²) in [7, 11) is -4.00. The van der Waals surface area contributed by atoms with E-state index in [-0.39, 0.29) is 41.4 Å². The zero-order chi connectivity index (χ0) is 21.9. The molecule has 2 aromatic rings. The van der Waals surface area contributed by atoms with Gasteiger partial charge in [-0.15, -0.1) is 0 Å². The van der Waals surface area contributed by atoms with Crippen molar-refractivity contribution < 1.29 is 27.1 Å². The van der Waals surface area contributed by atoms with E-state index in [4.69, 9.17) is 14.6 Å². The van der Waals surface area contributed by atoms with E-state index in [2.05, 4.69) is 20.6 Å². The van der Waals surface area contributed by atoms with Crippen molar-refractivity contribution in [2.45, 2.75) is 43.4 Å². The molecule has 2 heterocycles. The van der Waals surface area contributed by atoms with Crippen molar-refractivity contribution >= 4 is 27.8 Å². The summed E-state index contributed by atoms with van der Waals surface area (Å²) >= 11 is 0. The summed E-state index contributed by atoms with van der Waals surface area (Å²) in [4.78, 5) is 19.6. The van der Waals surface area contributed by atoms with Crippen molar-refractivity contribution in [2.24, 2.45) is 5.14 Å². The second-order valence-electron chi connectivity index (χ2n) is 7.04. The number of rotatable bonds is 6. The molecule has 0 saturated carbocycles. The van der Waals surface area contributed by atoms with E-state index >= 15 is 0 Å². The number of hydrogen-bond acceptors (Lipinski definition) is 8. The number of alkyl carbamates (subject to hydrolysis) is 1. The first-order valence-corrected chi connectivity index (χ1v) is 10.7. The fourth-order valence-corrected chi connectivity index (χ4v) is 3.32. The van der Waals surface area contributed by atoms with Crippen LogP contribution in [0.5, 0.6) is 0 Å². The van der Waals surface area contributed by atoms with E-state index in [0.717, 1.165) is 6.07 Å². The Morgan fingerprint density at radius 1 is 1.33 bits per heavy atom. The van der Waals surface area contributed by atoms with Gasteiger partial charge in [0.1, 0.15) is 11.9 Å². The average molecular weight is 439 g/mol. The summed E-state index contributed by atoms with van der Waals surface area (Å²) < 4.78 is 47.6. The molecule has 12 heteroatoms. The molecule has 0 unspecified atom stereocenters. The number of carbonyl (C=O) groups is 1. The Labute approximate surface area is 173 Å². The van der Waals surface area contributed by atoms with E-state index in [9.17, 15) is 17.6 Å². The van der Waals surface area contributed by atoms with Gasteiger partial charge >= 0.3 is 6.09 Å². The molecule has 162 valence electrons. The van der Waals surface area contributed by atoms with Gasteiger partial charge in [0.2, 0.25) is 16.0 Å². The number of nitrogens with one attached hydrogen (secondary N) is 2. The van der Waals surface area contributed by atoms with Crippen LogP contribution in [0.15, 0.2) is 35.5 Å². The highest BCUT2D eigenvalue weighted by Crippen LogP contribution is 2.30. The van der Waals surface area contributed by atoms with Crippen molar-refractivity contribution in [1.29, 1.82) is 0 Å². The molecule has 30 heavy (non-hydrogen) atoms. The zero-order valence-corrected chi connectivity index (χ0v) is 17.1. The number of ether oxygens (including phenoxy) is 2. The average Bonchev–Trinajstić information content (AvgIpc) is 3.10. The Balaban J connectivity index is 1.60. The van der Waals surface area contributed by atoms with E-state index in [1.807, 2.05) is 13.8 Å². The molecule has 4 N–H and O–H groups in total. The second-order valence-corrected chi connectivity index (χ2v) is 8.60. The van der Waals surface area contributed by atoms with Gasteiger partial charge in [0.15, 0.2) is 0 Å². The summed E-state index contributed by atoms with van der Waals surface area (Å²) in [6.45, 7) is 3.93. The first kappa shape index (κ1) is 21.9. The summed E-state index contributed by atoms with van der Waals surface area (Å²) in [5.41, 5.74) is 0.679. The Kier molecular flexibility index (Phi) is 6.48. The number of benzene rings is 1. The highest BCUT2D eigenvalue weighted by Gasteiger charge is 2.30. The maximum atomic E-state index is 14.1. The van der Waals surface area contributed by atoms with Gasteiger partial charge in [-0.3, -0.25) is 0 Å². The number of primary sulfonamides is 1. The number of sulfonamides is 1. The first-order chi connectivity index (χ1) is 14.1. The molecule has 0 bridgehead atoms. The fraction of sp³-hybridized carbons (Fsp3) is 0.389. The van der Waals surface area contributed by atoms with Crippen LogP contribution < -0.4 is 15.8 Å². The Bertz CT molecular complexity index is 1020. The number of anilines is 2. The van der Waals surface area contributed by atoms with E-state index in [0.29, 0.717) is 12.0 Å². The quantitative estimate of drug-likeness (QED) is 0.619. The third-order valence-electron chi connectivity index (χ3n) is 4.20. The van der Waals surface area contributed by atoms with Crippen molar-refractivity contribution in [3.05, 3.63) is 42.0 Å². The predicted octanol–water partition coefficient (Wildman–Crippen LogP) is 1.97. The highest BCUT2D eigenvalue weighted by molar-refractivity contribution is 7.89. The molecule has 1 aliphatic rings. The minimum atomic E-state index is -4.00. The van der Waals surface area contributed by atoms with Gasteiger partial charge < -0.3 is 20.1 Å². The van der Waals surface area contributed by atoms with Gasteiger partial charge in [-0.25, -0.2) is 32.7 Å². The van der Waals surface area contributed by atoms with Crippen LogP contribution in [0.25, 0.3) is 0 Å². The van der Waals surface area contributed by atoms with Crippen LogP contribution in [0.4, 0.5) is 20.8 Å². The number of hydrogen-bond donors (Lipinski definition) is 3. The molecule has 1 aromatic heterocycles. The maximum Gasteiger partial charge on any atom is 0.407 e. The lowest BCUT2D eigenvalue weighted by molar-refractivity contribution is 0.0690. The molecule has 2 atom stereocenters. The summed E-state index contributed by atoms with van der Waals surface area (Å²) in [6, 6.07) is 3.20. The third-order valence-corrected chi connectivity index (χ3v) is 5.11. The summed E-state index contributed by atoms with van der Waals surface area (Å²) in [5.74, 6) is -0.698. The molecule has 10 nitrogen and oxygen atoms in total. The van der Waals surface area contributed by atoms with E-state index < -0.39 is 21.9 Å². The Morgan fingerprint density at radius 2 is 2.03 bits per heavy atom. The summed E-state index contributed by atoms with van der Waals surface area (Å²) in [6.07, 6.45) is 2.30. The second kappa shape index (κ2) is 8.90. The number of amides is 1. The normalized spacial score (nSPS) is 19.0.